The molecule has 3 heteroatoms. The van der Waals surface area contributed by atoms with Crippen LogP contribution < -0.4 is 0 Å². The summed E-state index contributed by atoms with van der Waals surface area (Å²) >= 11 is 5.41. The molecule has 0 unspecified atom stereocenters. The van der Waals surface area contributed by atoms with E-state index in [9.17, 15) is 0 Å². The van der Waals surface area contributed by atoms with E-state index in [0.717, 1.165) is 0 Å². The highest BCUT2D eigenvalue weighted by Gasteiger charge is 1.87. The van der Waals surface area contributed by atoms with Crippen molar-refractivity contribution in [3.05, 3.63) is 23.4 Å². The Morgan fingerprint density at radius 3 is 2.88 bits per heavy atom. The number of aromatic hydroxyl groups is 1. The Labute approximate surface area is 51.7 Å². The van der Waals surface area contributed by atoms with Gasteiger partial charge in [-0.3, -0.25) is 0 Å². The fourth-order valence-corrected chi connectivity index (χ4v) is 0.504. The van der Waals surface area contributed by atoms with Gasteiger partial charge in [0.15, 0.2) is 0 Å². The van der Waals surface area contributed by atoms with Crippen LogP contribution in [0.2, 0.25) is 5.02 Å². The van der Waals surface area contributed by atoms with Crippen molar-refractivity contribution < 1.29 is 5.11 Å². The van der Waals surface area contributed by atoms with Gasteiger partial charge < -0.3 is 5.11 Å². The molecule has 0 saturated carbocycles. The maximum atomic E-state index is 8.59. The first-order chi connectivity index (χ1) is 3.79. The van der Waals surface area contributed by atoms with Gasteiger partial charge in [0, 0.05) is 11.1 Å². The van der Waals surface area contributed by atoms with E-state index in [1.54, 1.807) is 0 Å². The van der Waals surface area contributed by atoms with Gasteiger partial charge in [-0.15, -0.1) is 0 Å². The fraction of sp³-hybridized carbons (Fsp3) is 0. The van der Waals surface area contributed by atoms with Crippen molar-refractivity contribution in [1.29, 1.82) is 0 Å². The number of pyridine rings is 1. The predicted molar refractivity (Wildman–Crippen MR) is 29.7 cm³/mol. The minimum Gasteiger partial charge on any atom is -0.493 e. The zero-order valence-corrected chi connectivity index (χ0v) is 4.68. The molecule has 0 aliphatic rings. The maximum absolute atomic E-state index is 8.59. The van der Waals surface area contributed by atoms with Crippen LogP contribution in [0.4, 0.5) is 0 Å². The van der Waals surface area contributed by atoms with Crippen LogP contribution in [-0.2, 0) is 0 Å². The lowest BCUT2D eigenvalue weighted by Crippen LogP contribution is -1.70. The van der Waals surface area contributed by atoms with Crippen molar-refractivity contribution in [2.45, 2.75) is 0 Å². The SMILES string of the molecule is Oc1cc(Cl)c[c]n1. The van der Waals surface area contributed by atoms with Crippen molar-refractivity contribution in [2.75, 3.05) is 0 Å². The molecule has 0 atom stereocenters. The topological polar surface area (TPSA) is 33.1 Å². The van der Waals surface area contributed by atoms with Gasteiger partial charge in [-0.25, -0.2) is 4.98 Å². The molecule has 2 nitrogen and oxygen atoms in total. The van der Waals surface area contributed by atoms with Crippen LogP contribution in [-0.4, -0.2) is 10.1 Å². The summed E-state index contributed by atoms with van der Waals surface area (Å²) in [5, 5.41) is 9.03. The summed E-state index contributed by atoms with van der Waals surface area (Å²) in [4.78, 5) is 3.39. The van der Waals surface area contributed by atoms with Crippen LogP contribution in [0.1, 0.15) is 0 Å². The highest BCUT2D eigenvalue weighted by Crippen LogP contribution is 2.10. The molecule has 1 rings (SSSR count). The molecule has 0 bridgehead atoms. The molecule has 0 spiro atoms. The monoisotopic (exact) mass is 128 g/mol. The first kappa shape index (κ1) is 5.38. The van der Waals surface area contributed by atoms with Gasteiger partial charge >= 0.3 is 0 Å². The molecule has 1 aromatic heterocycles. The van der Waals surface area contributed by atoms with Crippen molar-refractivity contribution in [3.63, 3.8) is 0 Å². The molecule has 0 aliphatic heterocycles. The van der Waals surface area contributed by atoms with E-state index in [0.29, 0.717) is 5.02 Å². The number of hydrogen-bond donors (Lipinski definition) is 1. The molecule has 8 heavy (non-hydrogen) atoms. The Balaban J connectivity index is 3.08. The molecule has 1 heterocycles. The normalized spacial score (nSPS) is 9.12. The van der Waals surface area contributed by atoms with Gasteiger partial charge in [-0.1, -0.05) is 11.6 Å². The third-order valence-electron chi connectivity index (χ3n) is 0.649. The highest BCUT2D eigenvalue weighted by atomic mass is 35.5. The quantitative estimate of drug-likeness (QED) is 0.570. The van der Waals surface area contributed by atoms with E-state index >= 15 is 0 Å². The third-order valence-corrected chi connectivity index (χ3v) is 0.867. The van der Waals surface area contributed by atoms with Crippen LogP contribution >= 0.6 is 11.6 Å². The zero-order chi connectivity index (χ0) is 5.98. The molecule has 0 saturated heterocycles. The number of halogens is 1. The lowest BCUT2D eigenvalue weighted by Gasteiger charge is -1.86. The second-order valence-corrected chi connectivity index (χ2v) is 1.71. The molecule has 41 valence electrons. The second kappa shape index (κ2) is 2.01. The summed E-state index contributed by atoms with van der Waals surface area (Å²) < 4.78 is 0. The average molecular weight is 129 g/mol. The lowest BCUT2D eigenvalue weighted by atomic mass is 10.5. The van der Waals surface area contributed by atoms with E-state index in [2.05, 4.69) is 11.2 Å². The number of nitrogens with zero attached hydrogens (tertiary/aromatic N) is 1. The van der Waals surface area contributed by atoms with Crippen LogP contribution in [0.25, 0.3) is 0 Å². The Hall–Kier alpha value is -0.760. The third kappa shape index (κ3) is 1.10. The molecule has 1 N–H and O–H groups in total. The van der Waals surface area contributed by atoms with E-state index < -0.39 is 0 Å². The van der Waals surface area contributed by atoms with Crippen LogP contribution in [0.3, 0.4) is 0 Å². The minimum atomic E-state index is -0.0995. The molecule has 0 aromatic carbocycles. The summed E-state index contributed by atoms with van der Waals surface area (Å²) in [6.07, 6.45) is 2.40. The molecular weight excluding hydrogens is 126 g/mol. The Kier molecular flexibility index (Phi) is 1.35. The van der Waals surface area contributed by atoms with Crippen LogP contribution in [0, 0.1) is 6.20 Å². The standard InChI is InChI=1S/C5H3ClNO/c6-4-1-2-7-5(8)3-4/h1,3H,(H,7,8). The molecule has 1 aromatic rings. The van der Waals surface area contributed by atoms with Gasteiger partial charge in [-0.05, 0) is 6.07 Å². The van der Waals surface area contributed by atoms with E-state index in [-0.39, 0.29) is 5.88 Å². The van der Waals surface area contributed by atoms with Gasteiger partial charge in [0.05, 0.1) is 6.20 Å². The van der Waals surface area contributed by atoms with Crippen LogP contribution in [0.5, 0.6) is 5.88 Å². The van der Waals surface area contributed by atoms with Crippen LogP contribution in [0.15, 0.2) is 12.1 Å². The lowest BCUT2D eigenvalue weighted by molar-refractivity contribution is 0.453. The molecule has 0 fully saturated rings. The summed E-state index contributed by atoms with van der Waals surface area (Å²) in [6, 6.07) is 2.82. The summed E-state index contributed by atoms with van der Waals surface area (Å²) in [6.45, 7) is 0. The maximum Gasteiger partial charge on any atom is 0.212 e. The largest absolute Gasteiger partial charge is 0.493 e. The molecule has 0 amide bonds. The summed E-state index contributed by atoms with van der Waals surface area (Å²) in [7, 11) is 0. The first-order valence-electron chi connectivity index (χ1n) is 2.01. The smallest absolute Gasteiger partial charge is 0.212 e. The van der Waals surface area contributed by atoms with Gasteiger partial charge in [0.2, 0.25) is 5.88 Å². The summed E-state index contributed by atoms with van der Waals surface area (Å²) in [5.74, 6) is -0.0995. The Morgan fingerprint density at radius 2 is 2.50 bits per heavy atom. The van der Waals surface area contributed by atoms with E-state index in [1.807, 2.05) is 0 Å². The predicted octanol–water partition coefficient (Wildman–Crippen LogP) is 1.24. The van der Waals surface area contributed by atoms with E-state index in [4.69, 9.17) is 16.7 Å². The van der Waals surface area contributed by atoms with Crippen molar-refractivity contribution >= 4 is 11.6 Å². The fourth-order valence-electron chi connectivity index (χ4n) is 0.357. The Morgan fingerprint density at radius 1 is 1.75 bits per heavy atom. The Bertz CT molecular complexity index is 172. The molecule has 0 aliphatic carbocycles. The average Bonchev–Trinajstić information content (AvgIpc) is 1.64. The minimum absolute atomic E-state index is 0.0995. The zero-order valence-electron chi connectivity index (χ0n) is 3.93. The van der Waals surface area contributed by atoms with Gasteiger partial charge in [0.25, 0.3) is 0 Å². The first-order valence-corrected chi connectivity index (χ1v) is 2.39. The molecule has 1 radical (unpaired) electrons. The van der Waals surface area contributed by atoms with E-state index in [1.165, 1.54) is 12.1 Å². The van der Waals surface area contributed by atoms with Crippen molar-refractivity contribution in [1.82, 2.24) is 4.98 Å². The number of rotatable bonds is 0. The van der Waals surface area contributed by atoms with Gasteiger partial charge in [-0.2, -0.15) is 0 Å². The molecular formula is C5H3ClNO. The highest BCUT2D eigenvalue weighted by molar-refractivity contribution is 6.30. The second-order valence-electron chi connectivity index (χ2n) is 1.27. The van der Waals surface area contributed by atoms with Gasteiger partial charge in [0.1, 0.15) is 0 Å². The van der Waals surface area contributed by atoms with Crippen molar-refractivity contribution in [3.8, 4) is 5.88 Å². The number of hydrogen-bond acceptors (Lipinski definition) is 2. The number of aromatic nitrogens is 1. The van der Waals surface area contributed by atoms with Crippen molar-refractivity contribution in [2.24, 2.45) is 0 Å². The summed E-state index contributed by atoms with van der Waals surface area (Å²) in [5.41, 5.74) is 0.